The van der Waals surface area contributed by atoms with E-state index in [9.17, 15) is 8.78 Å². The third-order valence-electron chi connectivity index (χ3n) is 0.635. The van der Waals surface area contributed by atoms with Gasteiger partial charge < -0.3 is 17.2 Å². The number of guanidine groups is 2. The minimum Gasteiger partial charge on any atom is -0.370 e. The standard InChI is InChI=1S/C4H9F2N5/c5-2(6)1-10-4(9)11-3(7)8/h2H,1H2,(H6,7,8,9,10,11). The molecule has 0 fully saturated rings. The Bertz CT molecular complexity index is 171. The molecule has 0 aliphatic carbocycles. The molecule has 0 spiro atoms. The van der Waals surface area contributed by atoms with Crippen molar-refractivity contribution in [2.75, 3.05) is 6.54 Å². The zero-order valence-corrected chi connectivity index (χ0v) is 5.67. The normalized spacial score (nSPS) is 11.7. The highest BCUT2D eigenvalue weighted by molar-refractivity contribution is 5.92. The average Bonchev–Trinajstić information content (AvgIpc) is 1.82. The van der Waals surface area contributed by atoms with Crippen LogP contribution in [0.2, 0.25) is 0 Å². The predicted octanol–water partition coefficient (Wildman–Crippen LogP) is -1.16. The van der Waals surface area contributed by atoms with Gasteiger partial charge in [-0.1, -0.05) is 0 Å². The van der Waals surface area contributed by atoms with E-state index >= 15 is 0 Å². The van der Waals surface area contributed by atoms with Crippen LogP contribution in [0.5, 0.6) is 0 Å². The van der Waals surface area contributed by atoms with Gasteiger partial charge in [0.1, 0.15) is 6.54 Å². The summed E-state index contributed by atoms with van der Waals surface area (Å²) in [5, 5.41) is 0. The van der Waals surface area contributed by atoms with Crippen molar-refractivity contribution in [1.29, 1.82) is 0 Å². The molecule has 0 saturated heterocycles. The zero-order chi connectivity index (χ0) is 8.85. The number of nitrogens with two attached hydrogens (primary N) is 3. The van der Waals surface area contributed by atoms with Crippen molar-refractivity contribution < 1.29 is 8.78 Å². The Hall–Kier alpha value is -1.40. The first-order valence-corrected chi connectivity index (χ1v) is 2.70. The van der Waals surface area contributed by atoms with E-state index in [4.69, 9.17) is 17.2 Å². The first-order valence-electron chi connectivity index (χ1n) is 2.70. The highest BCUT2D eigenvalue weighted by Gasteiger charge is 1.99. The van der Waals surface area contributed by atoms with Gasteiger partial charge in [-0.05, 0) is 0 Å². The van der Waals surface area contributed by atoms with Crippen molar-refractivity contribution in [3.8, 4) is 0 Å². The van der Waals surface area contributed by atoms with Crippen molar-refractivity contribution >= 4 is 11.9 Å². The van der Waals surface area contributed by atoms with E-state index in [-0.39, 0.29) is 11.9 Å². The Kier molecular flexibility index (Phi) is 3.86. The molecule has 11 heavy (non-hydrogen) atoms. The Morgan fingerprint density at radius 3 is 2.18 bits per heavy atom. The van der Waals surface area contributed by atoms with Gasteiger partial charge in [0.2, 0.25) is 5.96 Å². The number of rotatable bonds is 2. The Balaban J connectivity index is 3.92. The molecule has 0 aromatic rings. The van der Waals surface area contributed by atoms with Gasteiger partial charge in [-0.3, -0.25) is 0 Å². The molecule has 0 unspecified atom stereocenters. The molecule has 6 N–H and O–H groups in total. The SMILES string of the molecule is NC(N)=NC(N)=NCC(F)F. The van der Waals surface area contributed by atoms with Crippen LogP contribution >= 0.6 is 0 Å². The lowest BCUT2D eigenvalue weighted by Crippen LogP contribution is -2.26. The molecule has 0 radical (unpaired) electrons. The monoisotopic (exact) mass is 165 g/mol. The second-order valence-corrected chi connectivity index (χ2v) is 1.63. The van der Waals surface area contributed by atoms with Crippen LogP contribution in [0.4, 0.5) is 8.78 Å². The van der Waals surface area contributed by atoms with Gasteiger partial charge in [0.05, 0.1) is 0 Å². The maximum absolute atomic E-state index is 11.5. The molecular weight excluding hydrogens is 156 g/mol. The summed E-state index contributed by atoms with van der Waals surface area (Å²) in [6.07, 6.45) is -2.54. The van der Waals surface area contributed by atoms with E-state index in [2.05, 4.69) is 9.98 Å². The average molecular weight is 165 g/mol. The molecule has 0 aliphatic heterocycles. The molecule has 0 aromatic carbocycles. The second kappa shape index (κ2) is 4.42. The molecule has 64 valence electrons. The summed E-state index contributed by atoms with van der Waals surface area (Å²) in [4.78, 5) is 6.38. The van der Waals surface area contributed by atoms with Crippen LogP contribution in [0, 0.1) is 0 Å². The largest absolute Gasteiger partial charge is 0.370 e. The summed E-state index contributed by atoms with van der Waals surface area (Å²) in [6, 6.07) is 0. The first kappa shape index (κ1) is 9.60. The fourth-order valence-corrected chi connectivity index (χ4v) is 0.330. The minimum absolute atomic E-state index is 0.305. The molecule has 0 saturated carbocycles. The molecule has 0 aromatic heterocycles. The maximum Gasteiger partial charge on any atom is 0.257 e. The molecule has 7 heteroatoms. The summed E-state index contributed by atoms with van der Waals surface area (Å²) in [5.41, 5.74) is 14.8. The molecule has 0 atom stereocenters. The quantitative estimate of drug-likeness (QED) is 0.355. The number of aliphatic imine (C=N–C) groups is 2. The van der Waals surface area contributed by atoms with Crippen LogP contribution in [0.3, 0.4) is 0 Å². The third-order valence-corrected chi connectivity index (χ3v) is 0.635. The van der Waals surface area contributed by atoms with Crippen LogP contribution in [-0.2, 0) is 0 Å². The van der Waals surface area contributed by atoms with Crippen molar-refractivity contribution in [2.24, 2.45) is 27.2 Å². The fraction of sp³-hybridized carbons (Fsp3) is 0.500. The van der Waals surface area contributed by atoms with Gasteiger partial charge in [-0.15, -0.1) is 0 Å². The van der Waals surface area contributed by atoms with Gasteiger partial charge >= 0.3 is 0 Å². The number of hydrogen-bond donors (Lipinski definition) is 3. The van der Waals surface area contributed by atoms with E-state index in [0.29, 0.717) is 0 Å². The second-order valence-electron chi connectivity index (χ2n) is 1.63. The smallest absolute Gasteiger partial charge is 0.257 e. The lowest BCUT2D eigenvalue weighted by Gasteiger charge is -1.93. The van der Waals surface area contributed by atoms with Gasteiger partial charge in [0.15, 0.2) is 5.96 Å². The molecule has 0 rings (SSSR count). The number of hydrogen-bond acceptors (Lipinski definition) is 1. The van der Waals surface area contributed by atoms with Crippen molar-refractivity contribution in [2.45, 2.75) is 6.43 Å². The topological polar surface area (TPSA) is 103 Å². The summed E-state index contributed by atoms with van der Waals surface area (Å²) in [6.45, 7) is -0.692. The van der Waals surface area contributed by atoms with E-state index in [1.54, 1.807) is 0 Å². The van der Waals surface area contributed by atoms with E-state index in [1.807, 2.05) is 0 Å². The summed E-state index contributed by atoms with van der Waals surface area (Å²) in [5.74, 6) is -0.647. The maximum atomic E-state index is 11.5. The van der Waals surface area contributed by atoms with Gasteiger partial charge in [-0.25, -0.2) is 13.8 Å². The van der Waals surface area contributed by atoms with Crippen LogP contribution in [0.1, 0.15) is 0 Å². The summed E-state index contributed by atoms with van der Waals surface area (Å²) < 4.78 is 22.9. The zero-order valence-electron chi connectivity index (χ0n) is 5.67. The van der Waals surface area contributed by atoms with E-state index < -0.39 is 13.0 Å². The van der Waals surface area contributed by atoms with Crippen LogP contribution < -0.4 is 17.2 Å². The van der Waals surface area contributed by atoms with Crippen molar-refractivity contribution in [3.63, 3.8) is 0 Å². The van der Waals surface area contributed by atoms with Gasteiger partial charge in [-0.2, -0.15) is 4.99 Å². The van der Waals surface area contributed by atoms with Gasteiger partial charge in [0.25, 0.3) is 6.43 Å². The Morgan fingerprint density at radius 2 is 1.82 bits per heavy atom. The predicted molar refractivity (Wildman–Crippen MR) is 38.3 cm³/mol. The van der Waals surface area contributed by atoms with Crippen molar-refractivity contribution in [1.82, 2.24) is 0 Å². The van der Waals surface area contributed by atoms with E-state index in [0.717, 1.165) is 0 Å². The Morgan fingerprint density at radius 1 is 1.27 bits per heavy atom. The minimum atomic E-state index is -2.54. The highest BCUT2D eigenvalue weighted by atomic mass is 19.3. The van der Waals surface area contributed by atoms with Gasteiger partial charge in [0, 0.05) is 0 Å². The van der Waals surface area contributed by atoms with Crippen LogP contribution in [0.15, 0.2) is 9.98 Å². The van der Waals surface area contributed by atoms with Crippen LogP contribution in [-0.4, -0.2) is 24.9 Å². The molecule has 0 aliphatic rings. The number of halogens is 2. The van der Waals surface area contributed by atoms with E-state index in [1.165, 1.54) is 0 Å². The lowest BCUT2D eigenvalue weighted by molar-refractivity contribution is 0.158. The van der Waals surface area contributed by atoms with Crippen LogP contribution in [0.25, 0.3) is 0 Å². The molecule has 0 amide bonds. The number of nitrogens with zero attached hydrogens (tertiary/aromatic N) is 2. The first-order chi connectivity index (χ1) is 5.02. The fourth-order valence-electron chi connectivity index (χ4n) is 0.330. The Labute approximate surface area is 62.0 Å². The molecule has 0 heterocycles. The summed E-state index contributed by atoms with van der Waals surface area (Å²) in [7, 11) is 0. The number of alkyl halides is 2. The molecular formula is C4H9F2N5. The molecule has 0 bridgehead atoms. The summed E-state index contributed by atoms with van der Waals surface area (Å²) >= 11 is 0. The van der Waals surface area contributed by atoms with Crippen molar-refractivity contribution in [3.05, 3.63) is 0 Å². The lowest BCUT2D eigenvalue weighted by atomic mass is 10.7. The molecule has 5 nitrogen and oxygen atoms in total. The highest BCUT2D eigenvalue weighted by Crippen LogP contribution is 1.91. The third kappa shape index (κ3) is 6.49.